The molecule has 0 bridgehead atoms. The molecule has 5 nitrogen and oxygen atoms in total. The molecule has 0 atom stereocenters. The van der Waals surface area contributed by atoms with Gasteiger partial charge in [0.2, 0.25) is 5.91 Å². The van der Waals surface area contributed by atoms with E-state index >= 15 is 0 Å². The molecule has 4 rings (SSSR count). The van der Waals surface area contributed by atoms with Gasteiger partial charge in [-0.05, 0) is 49.6 Å². The van der Waals surface area contributed by atoms with Crippen LogP contribution in [-0.2, 0) is 11.3 Å². The molecule has 1 aromatic carbocycles. The van der Waals surface area contributed by atoms with Crippen molar-refractivity contribution < 1.29 is 4.79 Å². The van der Waals surface area contributed by atoms with Crippen LogP contribution in [0.1, 0.15) is 57.8 Å². The third-order valence-corrected chi connectivity index (χ3v) is 6.45. The third kappa shape index (κ3) is 4.58. The summed E-state index contributed by atoms with van der Waals surface area (Å²) in [7, 11) is 0. The van der Waals surface area contributed by atoms with E-state index in [1.807, 2.05) is 40.9 Å². The summed E-state index contributed by atoms with van der Waals surface area (Å²) in [5, 5.41) is 3.22. The molecule has 0 unspecified atom stereocenters. The summed E-state index contributed by atoms with van der Waals surface area (Å²) in [4.78, 5) is 25.5. The van der Waals surface area contributed by atoms with E-state index in [0.29, 0.717) is 30.9 Å². The van der Waals surface area contributed by atoms with E-state index in [1.165, 1.54) is 32.1 Å². The Morgan fingerprint density at radius 2 is 1.79 bits per heavy atom. The highest BCUT2D eigenvalue weighted by molar-refractivity contribution is 9.10. The average Bonchev–Trinajstić information content (AvgIpc) is 3.16. The zero-order valence-electron chi connectivity index (χ0n) is 16.7. The van der Waals surface area contributed by atoms with Gasteiger partial charge in [0.05, 0.1) is 11.0 Å². The maximum Gasteiger partial charge on any atom is 0.275 e. The first kappa shape index (κ1) is 20.2. The highest BCUT2D eigenvalue weighted by Gasteiger charge is 2.15. The Morgan fingerprint density at radius 1 is 1.03 bits per heavy atom. The van der Waals surface area contributed by atoms with Gasteiger partial charge < -0.3 is 14.3 Å². The van der Waals surface area contributed by atoms with Crippen LogP contribution in [0, 0.1) is 0 Å². The fraction of sp³-hybridized carbons (Fsp3) is 0.478. The molecular formula is C23H28BrN3O2. The number of aromatic nitrogens is 2. The van der Waals surface area contributed by atoms with Crippen molar-refractivity contribution in [1.29, 1.82) is 0 Å². The standard InChI is InChI=1S/C23H28BrN3O2/c24-17-12-13-19-21(16-17)27(23(29)20-10-6-14-26(19)20)15-7-11-22(28)25-18-8-4-2-1-3-5-9-18/h6,10,12-14,16,18H,1-5,7-9,11,15H2,(H,25,28). The normalized spacial score (nSPS) is 16.0. The number of benzene rings is 1. The highest BCUT2D eigenvalue weighted by Crippen LogP contribution is 2.21. The van der Waals surface area contributed by atoms with Crippen LogP contribution in [0.2, 0.25) is 0 Å². The maximum atomic E-state index is 13.0. The molecule has 1 aliphatic rings. The maximum absolute atomic E-state index is 13.0. The number of carbonyl (C=O) groups is 1. The monoisotopic (exact) mass is 457 g/mol. The number of hydrogen-bond donors (Lipinski definition) is 1. The Hall–Kier alpha value is -2.08. The third-order valence-electron chi connectivity index (χ3n) is 5.96. The minimum absolute atomic E-state index is 0.0129. The van der Waals surface area contributed by atoms with Gasteiger partial charge in [-0.15, -0.1) is 0 Å². The van der Waals surface area contributed by atoms with Crippen molar-refractivity contribution in [2.75, 3.05) is 0 Å². The minimum Gasteiger partial charge on any atom is -0.353 e. The first-order valence-corrected chi connectivity index (χ1v) is 11.5. The van der Waals surface area contributed by atoms with E-state index in [0.717, 1.165) is 28.3 Å². The number of nitrogens with zero attached hydrogens (tertiary/aromatic N) is 2. The van der Waals surface area contributed by atoms with Crippen LogP contribution in [-0.4, -0.2) is 20.9 Å². The van der Waals surface area contributed by atoms with Gasteiger partial charge in [-0.25, -0.2) is 0 Å². The molecule has 0 radical (unpaired) electrons. The second kappa shape index (κ2) is 9.16. The Bertz CT molecular complexity index is 1060. The molecule has 1 aliphatic carbocycles. The van der Waals surface area contributed by atoms with Crippen molar-refractivity contribution in [1.82, 2.24) is 14.3 Å². The van der Waals surface area contributed by atoms with Crippen molar-refractivity contribution in [3.63, 3.8) is 0 Å². The lowest BCUT2D eigenvalue weighted by atomic mass is 9.96. The number of hydrogen-bond acceptors (Lipinski definition) is 2. The quantitative estimate of drug-likeness (QED) is 0.584. The van der Waals surface area contributed by atoms with Crippen molar-refractivity contribution >= 4 is 38.4 Å². The summed E-state index contributed by atoms with van der Waals surface area (Å²) in [6.45, 7) is 0.533. The molecule has 0 spiro atoms. The molecule has 2 aromatic heterocycles. The van der Waals surface area contributed by atoms with Crippen LogP contribution < -0.4 is 10.9 Å². The van der Waals surface area contributed by atoms with Crippen LogP contribution >= 0.6 is 15.9 Å². The van der Waals surface area contributed by atoms with Crippen LogP contribution in [0.3, 0.4) is 0 Å². The minimum atomic E-state index is -0.0129. The van der Waals surface area contributed by atoms with Gasteiger partial charge in [-0.1, -0.05) is 48.0 Å². The second-order valence-corrected chi connectivity index (χ2v) is 8.98. The number of carbonyl (C=O) groups excluding carboxylic acids is 1. The lowest BCUT2D eigenvalue weighted by molar-refractivity contribution is -0.122. The first-order chi connectivity index (χ1) is 14.1. The van der Waals surface area contributed by atoms with Gasteiger partial charge in [-0.3, -0.25) is 9.59 Å². The Labute approximate surface area is 179 Å². The van der Waals surface area contributed by atoms with Crippen molar-refractivity contribution in [3.05, 3.63) is 51.4 Å². The molecule has 6 heteroatoms. The average molecular weight is 458 g/mol. The van der Waals surface area contributed by atoms with Gasteiger partial charge in [0.25, 0.3) is 5.56 Å². The highest BCUT2D eigenvalue weighted by atomic mass is 79.9. The Kier molecular flexibility index (Phi) is 6.38. The predicted molar refractivity (Wildman–Crippen MR) is 120 cm³/mol. The van der Waals surface area contributed by atoms with Gasteiger partial charge >= 0.3 is 0 Å². The van der Waals surface area contributed by atoms with Crippen molar-refractivity contribution in [2.24, 2.45) is 0 Å². The molecule has 1 saturated carbocycles. The van der Waals surface area contributed by atoms with Crippen LogP contribution in [0.25, 0.3) is 16.6 Å². The number of fused-ring (bicyclic) bond motifs is 3. The molecule has 29 heavy (non-hydrogen) atoms. The second-order valence-electron chi connectivity index (χ2n) is 8.07. The van der Waals surface area contributed by atoms with Crippen molar-refractivity contribution in [3.8, 4) is 0 Å². The molecule has 0 saturated heterocycles. The number of amides is 1. The molecule has 3 aromatic rings. The summed E-state index contributed by atoms with van der Waals surface area (Å²) >= 11 is 3.52. The van der Waals surface area contributed by atoms with Crippen LogP contribution in [0.15, 0.2) is 45.8 Å². The lowest BCUT2D eigenvalue weighted by Gasteiger charge is -2.21. The Balaban J connectivity index is 1.46. The number of halogens is 1. The van der Waals surface area contributed by atoms with E-state index in [-0.39, 0.29) is 11.5 Å². The van der Waals surface area contributed by atoms with E-state index < -0.39 is 0 Å². The fourth-order valence-corrected chi connectivity index (χ4v) is 4.80. The topological polar surface area (TPSA) is 55.5 Å². The molecule has 0 aliphatic heterocycles. The molecular weight excluding hydrogens is 430 g/mol. The molecule has 1 fully saturated rings. The van der Waals surface area contributed by atoms with Crippen LogP contribution in [0.4, 0.5) is 0 Å². The van der Waals surface area contributed by atoms with Gasteiger partial charge in [0, 0.05) is 29.7 Å². The summed E-state index contributed by atoms with van der Waals surface area (Å²) in [5.74, 6) is 0.109. The van der Waals surface area contributed by atoms with E-state index in [1.54, 1.807) is 4.57 Å². The van der Waals surface area contributed by atoms with Gasteiger partial charge in [0.15, 0.2) is 0 Å². The van der Waals surface area contributed by atoms with E-state index in [4.69, 9.17) is 0 Å². The zero-order valence-corrected chi connectivity index (χ0v) is 18.3. The van der Waals surface area contributed by atoms with Gasteiger partial charge in [-0.2, -0.15) is 0 Å². The zero-order chi connectivity index (χ0) is 20.2. The smallest absolute Gasteiger partial charge is 0.275 e. The first-order valence-electron chi connectivity index (χ1n) is 10.7. The van der Waals surface area contributed by atoms with Gasteiger partial charge in [0.1, 0.15) is 5.52 Å². The predicted octanol–water partition coefficient (Wildman–Crippen LogP) is 5.03. The number of rotatable bonds is 5. The molecule has 2 heterocycles. The summed E-state index contributed by atoms with van der Waals surface area (Å²) in [5.41, 5.74) is 2.53. The summed E-state index contributed by atoms with van der Waals surface area (Å²) < 4.78 is 4.67. The largest absolute Gasteiger partial charge is 0.353 e. The summed E-state index contributed by atoms with van der Waals surface area (Å²) in [6.07, 6.45) is 11.5. The van der Waals surface area contributed by atoms with Crippen LogP contribution in [0.5, 0.6) is 0 Å². The van der Waals surface area contributed by atoms with Crippen molar-refractivity contribution in [2.45, 2.75) is 70.4 Å². The molecule has 1 amide bonds. The fourth-order valence-electron chi connectivity index (χ4n) is 4.45. The molecule has 154 valence electrons. The lowest BCUT2D eigenvalue weighted by Crippen LogP contribution is -2.35. The number of nitrogens with one attached hydrogen (secondary N) is 1. The van der Waals surface area contributed by atoms with E-state index in [9.17, 15) is 9.59 Å². The molecule has 1 N–H and O–H groups in total. The van der Waals surface area contributed by atoms with E-state index in [2.05, 4.69) is 21.2 Å². The SMILES string of the molecule is O=C(CCCn1c(=O)c2cccn2c2ccc(Br)cc21)NC1CCCCCCC1. The summed E-state index contributed by atoms with van der Waals surface area (Å²) in [6, 6.07) is 10.0. The number of aryl methyl sites for hydroxylation is 1. The Morgan fingerprint density at radius 3 is 2.59 bits per heavy atom.